The van der Waals surface area contributed by atoms with Gasteiger partial charge in [0.1, 0.15) is 5.82 Å². The number of rotatable bonds is 4. The monoisotopic (exact) mass is 236 g/mol. The Morgan fingerprint density at radius 1 is 1.59 bits per heavy atom. The molecular weight excluding hydrogens is 216 g/mol. The lowest BCUT2D eigenvalue weighted by Crippen LogP contribution is -2.45. The van der Waals surface area contributed by atoms with Crippen molar-refractivity contribution in [2.75, 3.05) is 38.1 Å². The van der Waals surface area contributed by atoms with Gasteiger partial charge in [-0.25, -0.2) is 0 Å². The normalized spacial score (nSPS) is 21.4. The molecule has 1 atom stereocenters. The molecule has 1 aromatic heterocycles. The van der Waals surface area contributed by atoms with E-state index in [1.54, 1.807) is 6.20 Å². The SMILES string of the molecule is CCN1CCOC(CNc2cc(C)cnn2)C1. The summed E-state index contributed by atoms with van der Waals surface area (Å²) < 4.78 is 5.71. The van der Waals surface area contributed by atoms with Crippen LogP contribution in [0.4, 0.5) is 5.82 Å². The predicted molar refractivity (Wildman–Crippen MR) is 67.1 cm³/mol. The van der Waals surface area contributed by atoms with E-state index in [1.165, 1.54) is 0 Å². The van der Waals surface area contributed by atoms with Crippen LogP contribution >= 0.6 is 0 Å². The maximum Gasteiger partial charge on any atom is 0.148 e. The fourth-order valence-electron chi connectivity index (χ4n) is 1.96. The number of hydrogen-bond donors (Lipinski definition) is 1. The predicted octanol–water partition coefficient (Wildman–Crippen LogP) is 0.918. The van der Waals surface area contributed by atoms with E-state index in [2.05, 4.69) is 27.3 Å². The minimum Gasteiger partial charge on any atom is -0.374 e. The largest absolute Gasteiger partial charge is 0.374 e. The second-order valence-electron chi connectivity index (χ2n) is 4.39. The Balaban J connectivity index is 1.81. The van der Waals surface area contributed by atoms with Gasteiger partial charge in [0.2, 0.25) is 0 Å². The van der Waals surface area contributed by atoms with E-state index in [1.807, 2.05) is 13.0 Å². The van der Waals surface area contributed by atoms with Crippen molar-refractivity contribution in [3.05, 3.63) is 17.8 Å². The highest BCUT2D eigenvalue weighted by Crippen LogP contribution is 2.07. The fraction of sp³-hybridized carbons (Fsp3) is 0.667. The van der Waals surface area contributed by atoms with E-state index in [0.29, 0.717) is 0 Å². The minimum absolute atomic E-state index is 0.242. The van der Waals surface area contributed by atoms with Crippen LogP contribution < -0.4 is 5.32 Å². The van der Waals surface area contributed by atoms with Crippen molar-refractivity contribution in [3.63, 3.8) is 0 Å². The zero-order chi connectivity index (χ0) is 12.1. The molecule has 1 aliphatic rings. The average molecular weight is 236 g/mol. The van der Waals surface area contributed by atoms with Crippen LogP contribution in [0.3, 0.4) is 0 Å². The van der Waals surface area contributed by atoms with Crippen molar-refractivity contribution in [2.45, 2.75) is 20.0 Å². The van der Waals surface area contributed by atoms with Gasteiger partial charge in [-0.2, -0.15) is 5.10 Å². The van der Waals surface area contributed by atoms with Crippen molar-refractivity contribution in [1.29, 1.82) is 0 Å². The van der Waals surface area contributed by atoms with E-state index >= 15 is 0 Å². The third-order valence-electron chi connectivity index (χ3n) is 2.97. The molecule has 2 heterocycles. The Morgan fingerprint density at radius 2 is 2.47 bits per heavy atom. The number of likely N-dealkylation sites (N-methyl/N-ethyl adjacent to an activating group) is 1. The molecule has 0 amide bonds. The van der Waals surface area contributed by atoms with E-state index < -0.39 is 0 Å². The molecule has 1 unspecified atom stereocenters. The summed E-state index contributed by atoms with van der Waals surface area (Å²) in [5, 5.41) is 11.2. The van der Waals surface area contributed by atoms with Crippen molar-refractivity contribution < 1.29 is 4.74 Å². The van der Waals surface area contributed by atoms with Crippen molar-refractivity contribution in [2.24, 2.45) is 0 Å². The first-order valence-electron chi connectivity index (χ1n) is 6.15. The molecular formula is C12H20N4O. The molecule has 1 aromatic rings. The molecule has 5 nitrogen and oxygen atoms in total. The molecule has 0 radical (unpaired) electrons. The number of aryl methyl sites for hydroxylation is 1. The molecule has 1 N–H and O–H groups in total. The van der Waals surface area contributed by atoms with E-state index in [0.717, 1.165) is 44.2 Å². The number of aromatic nitrogens is 2. The lowest BCUT2D eigenvalue weighted by Gasteiger charge is -2.32. The Labute approximate surface area is 102 Å². The number of nitrogens with one attached hydrogen (secondary N) is 1. The van der Waals surface area contributed by atoms with Crippen LogP contribution in [0.1, 0.15) is 12.5 Å². The Bertz CT molecular complexity index is 358. The zero-order valence-corrected chi connectivity index (χ0v) is 10.5. The smallest absolute Gasteiger partial charge is 0.148 e. The third kappa shape index (κ3) is 3.64. The van der Waals surface area contributed by atoms with Gasteiger partial charge in [-0.1, -0.05) is 6.92 Å². The summed E-state index contributed by atoms with van der Waals surface area (Å²) in [7, 11) is 0. The van der Waals surface area contributed by atoms with Gasteiger partial charge >= 0.3 is 0 Å². The molecule has 2 rings (SSSR count). The number of morpholine rings is 1. The third-order valence-corrected chi connectivity index (χ3v) is 2.97. The summed E-state index contributed by atoms with van der Waals surface area (Å²) >= 11 is 0. The Morgan fingerprint density at radius 3 is 3.24 bits per heavy atom. The van der Waals surface area contributed by atoms with Gasteiger partial charge in [0.15, 0.2) is 0 Å². The first-order chi connectivity index (χ1) is 8.28. The van der Waals surface area contributed by atoms with Gasteiger partial charge in [-0.15, -0.1) is 5.10 Å². The highest BCUT2D eigenvalue weighted by molar-refractivity contribution is 5.35. The molecule has 1 aliphatic heterocycles. The molecule has 1 saturated heterocycles. The molecule has 0 spiro atoms. The summed E-state index contributed by atoms with van der Waals surface area (Å²) in [6.45, 7) is 8.91. The van der Waals surface area contributed by atoms with Crippen LogP contribution in [0.5, 0.6) is 0 Å². The molecule has 17 heavy (non-hydrogen) atoms. The fourth-order valence-corrected chi connectivity index (χ4v) is 1.96. The van der Waals surface area contributed by atoms with Crippen LogP contribution in [-0.4, -0.2) is 54.0 Å². The lowest BCUT2D eigenvalue weighted by molar-refractivity contribution is -0.0192. The second kappa shape index (κ2) is 5.93. The zero-order valence-electron chi connectivity index (χ0n) is 10.5. The standard InChI is InChI=1S/C12H20N4O/c1-3-16-4-5-17-11(9-16)8-13-12-6-10(2)7-14-15-12/h6-7,11H,3-5,8-9H2,1-2H3,(H,13,15). The van der Waals surface area contributed by atoms with E-state index in [-0.39, 0.29) is 6.10 Å². The van der Waals surface area contributed by atoms with Crippen LogP contribution in [0, 0.1) is 6.92 Å². The van der Waals surface area contributed by atoms with Crippen LogP contribution in [0.15, 0.2) is 12.3 Å². The topological polar surface area (TPSA) is 50.3 Å². The number of anilines is 1. The molecule has 5 heteroatoms. The molecule has 94 valence electrons. The van der Waals surface area contributed by atoms with Gasteiger partial charge in [0.05, 0.1) is 18.9 Å². The van der Waals surface area contributed by atoms with Crippen molar-refractivity contribution >= 4 is 5.82 Å². The first kappa shape index (κ1) is 12.3. The van der Waals surface area contributed by atoms with Crippen LogP contribution in [-0.2, 0) is 4.74 Å². The molecule has 0 bridgehead atoms. The number of nitrogens with zero attached hydrogens (tertiary/aromatic N) is 3. The second-order valence-corrected chi connectivity index (χ2v) is 4.39. The summed E-state index contributed by atoms with van der Waals surface area (Å²) in [4.78, 5) is 2.40. The molecule has 0 aromatic carbocycles. The lowest BCUT2D eigenvalue weighted by atomic mass is 10.2. The van der Waals surface area contributed by atoms with Gasteiger partial charge in [0.25, 0.3) is 0 Å². The number of ether oxygens (including phenoxy) is 1. The summed E-state index contributed by atoms with van der Waals surface area (Å²) in [5.41, 5.74) is 1.11. The average Bonchev–Trinajstić information content (AvgIpc) is 2.37. The summed E-state index contributed by atoms with van der Waals surface area (Å²) in [5.74, 6) is 0.822. The maximum absolute atomic E-state index is 5.71. The minimum atomic E-state index is 0.242. The Hall–Kier alpha value is -1.20. The highest BCUT2D eigenvalue weighted by Gasteiger charge is 2.18. The van der Waals surface area contributed by atoms with Gasteiger partial charge < -0.3 is 10.1 Å². The van der Waals surface area contributed by atoms with E-state index in [4.69, 9.17) is 4.74 Å². The van der Waals surface area contributed by atoms with Gasteiger partial charge in [-0.3, -0.25) is 4.90 Å². The molecule has 0 saturated carbocycles. The van der Waals surface area contributed by atoms with Crippen LogP contribution in [0.2, 0.25) is 0 Å². The quantitative estimate of drug-likeness (QED) is 0.842. The van der Waals surface area contributed by atoms with Gasteiger partial charge in [0, 0.05) is 19.6 Å². The maximum atomic E-state index is 5.71. The Kier molecular flexibility index (Phi) is 4.28. The number of hydrogen-bond acceptors (Lipinski definition) is 5. The van der Waals surface area contributed by atoms with Crippen molar-refractivity contribution in [3.8, 4) is 0 Å². The summed E-state index contributed by atoms with van der Waals surface area (Å²) in [6, 6.07) is 1.99. The first-order valence-corrected chi connectivity index (χ1v) is 6.15. The highest BCUT2D eigenvalue weighted by atomic mass is 16.5. The van der Waals surface area contributed by atoms with Crippen LogP contribution in [0.25, 0.3) is 0 Å². The van der Waals surface area contributed by atoms with Gasteiger partial charge in [-0.05, 0) is 25.1 Å². The molecule has 1 fully saturated rings. The van der Waals surface area contributed by atoms with E-state index in [9.17, 15) is 0 Å². The summed E-state index contributed by atoms with van der Waals surface area (Å²) in [6.07, 6.45) is 1.99. The molecule has 0 aliphatic carbocycles. The van der Waals surface area contributed by atoms with Crippen molar-refractivity contribution in [1.82, 2.24) is 15.1 Å².